The molecule has 0 saturated carbocycles. The Morgan fingerprint density at radius 2 is 1.74 bits per heavy atom. The van der Waals surface area contributed by atoms with E-state index in [9.17, 15) is 4.79 Å². The largest absolute Gasteiger partial charge is 0.343 e. The first-order chi connectivity index (χ1) is 13.1. The number of para-hydroxylation sites is 1. The molecule has 0 aliphatic carbocycles. The van der Waals surface area contributed by atoms with Crippen molar-refractivity contribution in [3.8, 4) is 5.69 Å². The number of aromatic nitrogens is 3. The maximum atomic E-state index is 12.4. The zero-order valence-corrected chi connectivity index (χ0v) is 16.3. The molecular formula is C22H26N4O. The van der Waals surface area contributed by atoms with E-state index in [-0.39, 0.29) is 5.91 Å². The smallest absolute Gasteiger partial charge is 0.222 e. The van der Waals surface area contributed by atoms with E-state index >= 15 is 0 Å². The summed E-state index contributed by atoms with van der Waals surface area (Å²) in [6, 6.07) is 10.1. The van der Waals surface area contributed by atoms with Crippen molar-refractivity contribution in [2.24, 2.45) is 0 Å². The molecule has 0 atom stereocenters. The number of hydrogen-bond donors (Lipinski definition) is 0. The van der Waals surface area contributed by atoms with Gasteiger partial charge in [0, 0.05) is 30.6 Å². The van der Waals surface area contributed by atoms with Crippen molar-refractivity contribution >= 4 is 16.9 Å². The fraction of sp³-hybridized carbons (Fsp3) is 0.409. The molecule has 0 bridgehead atoms. The summed E-state index contributed by atoms with van der Waals surface area (Å²) < 4.78 is 1.92. The Kier molecular flexibility index (Phi) is 4.68. The lowest BCUT2D eigenvalue weighted by atomic mass is 9.99. The van der Waals surface area contributed by atoms with Crippen LogP contribution in [0.3, 0.4) is 0 Å². The summed E-state index contributed by atoms with van der Waals surface area (Å²) in [5.41, 5.74) is 6.26. The highest BCUT2D eigenvalue weighted by Gasteiger charge is 2.21. The number of carbonyl (C=O) groups excluding carboxylic acids is 1. The Morgan fingerprint density at radius 3 is 2.44 bits per heavy atom. The van der Waals surface area contributed by atoms with Crippen LogP contribution in [0.4, 0.5) is 0 Å². The van der Waals surface area contributed by atoms with Gasteiger partial charge in [0.1, 0.15) is 0 Å². The van der Waals surface area contributed by atoms with Gasteiger partial charge in [-0.2, -0.15) is 5.10 Å². The number of rotatable bonds is 4. The lowest BCUT2D eigenvalue weighted by Crippen LogP contribution is -2.27. The molecule has 1 fully saturated rings. The number of aryl methyl sites for hydroxylation is 3. The number of fused-ring (bicyclic) bond motifs is 1. The molecule has 1 saturated heterocycles. The zero-order chi connectivity index (χ0) is 19.0. The minimum Gasteiger partial charge on any atom is -0.343 e. The SMILES string of the molecule is Cc1nc2c(c(C)nn2-c2ccccc2)c(C)c1CCC(=O)N1CCCC1. The van der Waals surface area contributed by atoms with Crippen LogP contribution in [0.25, 0.3) is 16.7 Å². The Balaban J connectivity index is 1.69. The lowest BCUT2D eigenvalue weighted by molar-refractivity contribution is -0.130. The standard InChI is InChI=1S/C22H26N4O/c1-15-19(11-12-20(27)25-13-7-8-14-25)16(2)23-22-21(15)17(3)24-26(22)18-9-5-4-6-10-18/h4-6,9-10H,7-8,11-14H2,1-3H3. The quantitative estimate of drug-likeness (QED) is 0.707. The van der Waals surface area contributed by atoms with Crippen LogP contribution in [-0.2, 0) is 11.2 Å². The fourth-order valence-corrected chi connectivity index (χ4v) is 4.18. The number of likely N-dealkylation sites (tertiary alicyclic amines) is 1. The van der Waals surface area contributed by atoms with Gasteiger partial charge in [-0.05, 0) is 63.3 Å². The van der Waals surface area contributed by atoms with Gasteiger partial charge in [0.05, 0.1) is 11.4 Å². The summed E-state index contributed by atoms with van der Waals surface area (Å²) in [5.74, 6) is 0.267. The van der Waals surface area contributed by atoms with Crippen LogP contribution in [-0.4, -0.2) is 38.7 Å². The Labute approximate surface area is 160 Å². The zero-order valence-electron chi connectivity index (χ0n) is 16.3. The van der Waals surface area contributed by atoms with Gasteiger partial charge in [0.25, 0.3) is 0 Å². The third kappa shape index (κ3) is 3.22. The number of pyridine rings is 1. The van der Waals surface area contributed by atoms with Crippen LogP contribution in [0.1, 0.15) is 41.8 Å². The van der Waals surface area contributed by atoms with Gasteiger partial charge < -0.3 is 4.90 Å². The minimum absolute atomic E-state index is 0.267. The number of amides is 1. The van der Waals surface area contributed by atoms with Crippen LogP contribution in [0, 0.1) is 20.8 Å². The van der Waals surface area contributed by atoms with Crippen LogP contribution in [0.15, 0.2) is 30.3 Å². The van der Waals surface area contributed by atoms with E-state index in [1.54, 1.807) is 0 Å². The third-order valence-electron chi connectivity index (χ3n) is 5.62. The number of nitrogens with zero attached hydrogens (tertiary/aromatic N) is 4. The number of carbonyl (C=O) groups is 1. The lowest BCUT2D eigenvalue weighted by Gasteiger charge is -2.16. The molecule has 4 rings (SSSR count). The van der Waals surface area contributed by atoms with Crippen molar-refractivity contribution in [1.82, 2.24) is 19.7 Å². The van der Waals surface area contributed by atoms with E-state index < -0.39 is 0 Å². The highest BCUT2D eigenvalue weighted by Crippen LogP contribution is 2.28. The second kappa shape index (κ2) is 7.14. The van der Waals surface area contributed by atoms with Crippen LogP contribution in [0.5, 0.6) is 0 Å². The summed E-state index contributed by atoms with van der Waals surface area (Å²) in [6.07, 6.45) is 3.57. The van der Waals surface area contributed by atoms with Crippen LogP contribution < -0.4 is 0 Å². The topological polar surface area (TPSA) is 51.0 Å². The Morgan fingerprint density at radius 1 is 1.04 bits per heavy atom. The molecule has 0 radical (unpaired) electrons. The first-order valence-corrected chi connectivity index (χ1v) is 9.75. The average Bonchev–Trinajstić information content (AvgIpc) is 3.30. The first kappa shape index (κ1) is 17.7. The molecular weight excluding hydrogens is 336 g/mol. The van der Waals surface area contributed by atoms with E-state index in [2.05, 4.69) is 6.92 Å². The fourth-order valence-electron chi connectivity index (χ4n) is 4.18. The number of benzene rings is 1. The summed E-state index contributed by atoms with van der Waals surface area (Å²) in [4.78, 5) is 19.3. The van der Waals surface area contributed by atoms with Gasteiger partial charge in [0.2, 0.25) is 5.91 Å². The monoisotopic (exact) mass is 362 g/mol. The van der Waals surface area contributed by atoms with E-state index in [1.807, 2.05) is 53.8 Å². The van der Waals surface area contributed by atoms with Crippen molar-refractivity contribution in [3.63, 3.8) is 0 Å². The molecule has 27 heavy (non-hydrogen) atoms. The molecule has 5 heteroatoms. The molecule has 3 aromatic rings. The predicted molar refractivity (Wildman–Crippen MR) is 107 cm³/mol. The van der Waals surface area contributed by atoms with Crippen molar-refractivity contribution in [2.75, 3.05) is 13.1 Å². The van der Waals surface area contributed by atoms with Crippen molar-refractivity contribution < 1.29 is 4.79 Å². The van der Waals surface area contributed by atoms with E-state index in [0.29, 0.717) is 6.42 Å². The second-order valence-corrected chi connectivity index (χ2v) is 7.42. The van der Waals surface area contributed by atoms with Gasteiger partial charge >= 0.3 is 0 Å². The van der Waals surface area contributed by atoms with Crippen molar-refractivity contribution in [3.05, 3.63) is 52.8 Å². The highest BCUT2D eigenvalue weighted by atomic mass is 16.2. The van der Waals surface area contributed by atoms with Gasteiger partial charge in [-0.3, -0.25) is 4.79 Å². The maximum Gasteiger partial charge on any atom is 0.222 e. The number of hydrogen-bond acceptors (Lipinski definition) is 3. The molecule has 0 unspecified atom stereocenters. The Bertz CT molecular complexity index is 985. The molecule has 3 heterocycles. The maximum absolute atomic E-state index is 12.4. The van der Waals surface area contributed by atoms with Gasteiger partial charge in [-0.15, -0.1) is 0 Å². The second-order valence-electron chi connectivity index (χ2n) is 7.42. The summed E-state index contributed by atoms with van der Waals surface area (Å²) in [5, 5.41) is 5.85. The van der Waals surface area contributed by atoms with Gasteiger partial charge in [-0.25, -0.2) is 9.67 Å². The molecule has 1 aliphatic heterocycles. The van der Waals surface area contributed by atoms with E-state index in [0.717, 1.165) is 60.5 Å². The molecule has 1 aromatic carbocycles. The highest BCUT2D eigenvalue weighted by molar-refractivity contribution is 5.85. The first-order valence-electron chi connectivity index (χ1n) is 9.75. The average molecular weight is 362 g/mol. The van der Waals surface area contributed by atoms with Crippen LogP contribution in [0.2, 0.25) is 0 Å². The summed E-state index contributed by atoms with van der Waals surface area (Å²) >= 11 is 0. The molecule has 0 N–H and O–H groups in total. The van der Waals surface area contributed by atoms with Crippen molar-refractivity contribution in [2.45, 2.75) is 46.5 Å². The van der Waals surface area contributed by atoms with Gasteiger partial charge in [0.15, 0.2) is 5.65 Å². The van der Waals surface area contributed by atoms with E-state index in [1.165, 1.54) is 11.1 Å². The molecule has 2 aromatic heterocycles. The molecule has 1 amide bonds. The molecule has 140 valence electrons. The molecule has 0 spiro atoms. The van der Waals surface area contributed by atoms with Crippen LogP contribution >= 0.6 is 0 Å². The molecule has 5 nitrogen and oxygen atoms in total. The molecule has 1 aliphatic rings. The van der Waals surface area contributed by atoms with Gasteiger partial charge in [-0.1, -0.05) is 18.2 Å². The summed E-state index contributed by atoms with van der Waals surface area (Å²) in [7, 11) is 0. The third-order valence-corrected chi connectivity index (χ3v) is 5.62. The van der Waals surface area contributed by atoms with Crippen molar-refractivity contribution in [1.29, 1.82) is 0 Å². The summed E-state index contributed by atoms with van der Waals surface area (Å²) in [6.45, 7) is 8.04. The van der Waals surface area contributed by atoms with E-state index in [4.69, 9.17) is 10.1 Å². The normalized spacial score (nSPS) is 14.3. The predicted octanol–water partition coefficient (Wildman–Crippen LogP) is 3.90. The Hall–Kier alpha value is -2.69. The minimum atomic E-state index is 0.267.